The molecule has 4 heteroatoms. The molecular weight excluding hydrogens is 251 g/mol. The molecule has 0 bridgehead atoms. The summed E-state index contributed by atoms with van der Waals surface area (Å²) in [4.78, 5) is 1.89. The third kappa shape index (κ3) is 2.63. The summed E-state index contributed by atoms with van der Waals surface area (Å²) >= 11 is 5.94. The van der Waals surface area contributed by atoms with E-state index >= 15 is 0 Å². The second kappa shape index (κ2) is 5.38. The van der Waals surface area contributed by atoms with Gasteiger partial charge < -0.3 is 10.6 Å². The molecule has 2 nitrogen and oxygen atoms in total. The Morgan fingerprint density at radius 3 is 2.67 bits per heavy atom. The number of hydrogen-bond donors (Lipinski definition) is 1. The smallest absolute Gasteiger partial charge is 0.125 e. The Labute approximate surface area is 111 Å². The number of hydrogen-bond acceptors (Lipinski definition) is 2. The fraction of sp³-hybridized carbons (Fsp3) is 0.143. The van der Waals surface area contributed by atoms with Gasteiger partial charge in [-0.3, -0.25) is 0 Å². The second-order valence-corrected chi connectivity index (χ2v) is 4.45. The lowest BCUT2D eigenvalue weighted by atomic mass is 10.1. The summed E-state index contributed by atoms with van der Waals surface area (Å²) in [6, 6.07) is 11.9. The molecule has 0 fully saturated rings. The van der Waals surface area contributed by atoms with Crippen molar-refractivity contribution in [2.75, 3.05) is 11.9 Å². The Balaban J connectivity index is 2.42. The standard InChI is InChI=1S/C14H14ClFN2/c1-18(13-4-2-3-12(16)8-13)14-6-5-11(15)7-10(14)9-17/h2-8H,9,17H2,1H3. The van der Waals surface area contributed by atoms with Crippen LogP contribution in [0.4, 0.5) is 15.8 Å². The van der Waals surface area contributed by atoms with Crippen LogP contribution in [-0.4, -0.2) is 7.05 Å². The normalized spacial score (nSPS) is 10.4. The lowest BCUT2D eigenvalue weighted by Gasteiger charge is -2.22. The lowest BCUT2D eigenvalue weighted by molar-refractivity contribution is 0.628. The Morgan fingerprint density at radius 1 is 1.22 bits per heavy atom. The molecule has 2 rings (SSSR count). The van der Waals surface area contributed by atoms with Gasteiger partial charge in [0.1, 0.15) is 5.82 Å². The summed E-state index contributed by atoms with van der Waals surface area (Å²) in [5.74, 6) is -0.261. The highest BCUT2D eigenvalue weighted by Gasteiger charge is 2.09. The van der Waals surface area contributed by atoms with Gasteiger partial charge in [-0.15, -0.1) is 0 Å². The van der Waals surface area contributed by atoms with Gasteiger partial charge >= 0.3 is 0 Å². The first-order chi connectivity index (χ1) is 8.61. The van der Waals surface area contributed by atoms with Crippen LogP contribution in [0.1, 0.15) is 5.56 Å². The summed E-state index contributed by atoms with van der Waals surface area (Å²) in [6.45, 7) is 0.384. The Bertz CT molecular complexity index is 557. The zero-order valence-electron chi connectivity index (χ0n) is 10.0. The number of rotatable bonds is 3. The van der Waals surface area contributed by atoms with Gasteiger partial charge in [-0.1, -0.05) is 17.7 Å². The van der Waals surface area contributed by atoms with Crippen molar-refractivity contribution in [1.29, 1.82) is 0 Å². The average Bonchev–Trinajstić information content (AvgIpc) is 2.37. The first kappa shape index (κ1) is 12.9. The largest absolute Gasteiger partial charge is 0.344 e. The van der Waals surface area contributed by atoms with Crippen LogP contribution in [0.3, 0.4) is 0 Å². The zero-order valence-corrected chi connectivity index (χ0v) is 10.8. The highest BCUT2D eigenvalue weighted by Crippen LogP contribution is 2.29. The fourth-order valence-electron chi connectivity index (χ4n) is 1.87. The van der Waals surface area contributed by atoms with Crippen molar-refractivity contribution in [2.24, 2.45) is 5.73 Å². The van der Waals surface area contributed by atoms with Gasteiger partial charge in [-0.25, -0.2) is 4.39 Å². The molecule has 0 saturated heterocycles. The number of halogens is 2. The van der Waals surface area contributed by atoms with Crippen LogP contribution in [0.15, 0.2) is 42.5 Å². The fourth-order valence-corrected chi connectivity index (χ4v) is 2.06. The molecule has 18 heavy (non-hydrogen) atoms. The van der Waals surface area contributed by atoms with E-state index in [0.29, 0.717) is 11.6 Å². The van der Waals surface area contributed by atoms with Crippen LogP contribution < -0.4 is 10.6 Å². The molecule has 94 valence electrons. The Hall–Kier alpha value is -1.58. The van der Waals surface area contributed by atoms with E-state index in [1.165, 1.54) is 12.1 Å². The minimum atomic E-state index is -0.261. The minimum absolute atomic E-state index is 0.261. The number of anilines is 2. The average molecular weight is 265 g/mol. The minimum Gasteiger partial charge on any atom is -0.344 e. The van der Waals surface area contributed by atoms with Crippen LogP contribution in [0.25, 0.3) is 0 Å². The van der Waals surface area contributed by atoms with Crippen molar-refractivity contribution >= 4 is 23.0 Å². The first-order valence-corrected chi connectivity index (χ1v) is 5.97. The molecule has 2 aromatic carbocycles. The Kier molecular flexibility index (Phi) is 3.84. The molecule has 2 aromatic rings. The van der Waals surface area contributed by atoms with Crippen molar-refractivity contribution in [2.45, 2.75) is 6.54 Å². The monoisotopic (exact) mass is 264 g/mol. The predicted molar refractivity (Wildman–Crippen MR) is 73.8 cm³/mol. The first-order valence-electron chi connectivity index (χ1n) is 5.59. The highest BCUT2D eigenvalue weighted by atomic mass is 35.5. The number of benzene rings is 2. The maximum absolute atomic E-state index is 13.2. The van der Waals surface area contributed by atoms with Gasteiger partial charge in [0.25, 0.3) is 0 Å². The summed E-state index contributed by atoms with van der Waals surface area (Å²) in [7, 11) is 1.87. The summed E-state index contributed by atoms with van der Waals surface area (Å²) in [5.41, 5.74) is 8.33. The molecule has 0 radical (unpaired) electrons. The summed E-state index contributed by atoms with van der Waals surface area (Å²) < 4.78 is 13.2. The molecule has 0 atom stereocenters. The summed E-state index contributed by atoms with van der Waals surface area (Å²) in [6.07, 6.45) is 0. The third-order valence-electron chi connectivity index (χ3n) is 2.82. The molecule has 0 unspecified atom stereocenters. The van der Waals surface area contributed by atoms with Gasteiger partial charge in [0.2, 0.25) is 0 Å². The van der Waals surface area contributed by atoms with Gasteiger partial charge in [-0.2, -0.15) is 0 Å². The van der Waals surface area contributed by atoms with E-state index in [9.17, 15) is 4.39 Å². The van der Waals surface area contributed by atoms with Gasteiger partial charge in [0, 0.05) is 30.0 Å². The topological polar surface area (TPSA) is 29.3 Å². The third-order valence-corrected chi connectivity index (χ3v) is 3.05. The van der Waals surface area contributed by atoms with Gasteiger partial charge in [0.05, 0.1) is 0 Å². The molecule has 0 amide bonds. The van der Waals surface area contributed by atoms with E-state index in [1.807, 2.05) is 30.1 Å². The molecule has 0 spiro atoms. The lowest BCUT2D eigenvalue weighted by Crippen LogP contribution is -2.13. The molecule has 2 N–H and O–H groups in total. The maximum Gasteiger partial charge on any atom is 0.125 e. The molecule has 0 heterocycles. The quantitative estimate of drug-likeness (QED) is 0.916. The van der Waals surface area contributed by atoms with Crippen molar-refractivity contribution in [3.8, 4) is 0 Å². The predicted octanol–water partition coefficient (Wildman–Crippen LogP) is 3.71. The number of nitrogens with zero attached hydrogens (tertiary/aromatic N) is 1. The van der Waals surface area contributed by atoms with E-state index in [0.717, 1.165) is 16.9 Å². The molecule has 0 aliphatic rings. The SMILES string of the molecule is CN(c1cccc(F)c1)c1ccc(Cl)cc1CN. The van der Waals surface area contributed by atoms with Crippen molar-refractivity contribution in [1.82, 2.24) is 0 Å². The van der Waals surface area contributed by atoms with E-state index < -0.39 is 0 Å². The van der Waals surface area contributed by atoms with Crippen molar-refractivity contribution < 1.29 is 4.39 Å². The van der Waals surface area contributed by atoms with E-state index in [2.05, 4.69) is 0 Å². The van der Waals surface area contributed by atoms with Crippen LogP contribution >= 0.6 is 11.6 Å². The number of nitrogens with two attached hydrogens (primary N) is 1. The van der Waals surface area contributed by atoms with Gasteiger partial charge in [-0.05, 0) is 42.0 Å². The maximum atomic E-state index is 13.2. The van der Waals surface area contributed by atoms with E-state index in [4.69, 9.17) is 17.3 Å². The van der Waals surface area contributed by atoms with Crippen molar-refractivity contribution in [3.05, 3.63) is 58.9 Å². The molecular formula is C14H14ClFN2. The molecule has 0 aliphatic heterocycles. The van der Waals surface area contributed by atoms with Gasteiger partial charge in [0.15, 0.2) is 0 Å². The zero-order chi connectivity index (χ0) is 13.1. The van der Waals surface area contributed by atoms with Crippen LogP contribution in [0, 0.1) is 5.82 Å². The van der Waals surface area contributed by atoms with E-state index in [1.54, 1.807) is 12.1 Å². The van der Waals surface area contributed by atoms with Crippen molar-refractivity contribution in [3.63, 3.8) is 0 Å². The van der Waals surface area contributed by atoms with E-state index in [-0.39, 0.29) is 5.82 Å². The van der Waals surface area contributed by atoms with Crippen LogP contribution in [0.2, 0.25) is 5.02 Å². The Morgan fingerprint density at radius 2 is 2.00 bits per heavy atom. The summed E-state index contributed by atoms with van der Waals surface area (Å²) in [5, 5.41) is 0.645. The second-order valence-electron chi connectivity index (χ2n) is 4.02. The van der Waals surface area contributed by atoms with Crippen LogP contribution in [-0.2, 0) is 6.54 Å². The highest BCUT2D eigenvalue weighted by molar-refractivity contribution is 6.30. The van der Waals surface area contributed by atoms with Crippen LogP contribution in [0.5, 0.6) is 0 Å². The molecule has 0 saturated carbocycles. The molecule has 0 aliphatic carbocycles. The molecule has 0 aromatic heterocycles.